The first-order valence-corrected chi connectivity index (χ1v) is 23.6. The molecular formula is C2H8I2N2Pb. The van der Waals surface area contributed by atoms with Gasteiger partial charge in [0.25, 0.3) is 0 Å². The average Bonchev–Trinajstić information content (AvgIpc) is 1.69. The fourth-order valence-electron chi connectivity index (χ4n) is 0. The Balaban J connectivity index is 0. The normalized spacial score (nSPS) is 6.86. The first-order chi connectivity index (χ1) is 3.33. The van der Waals surface area contributed by atoms with Crippen LogP contribution in [0.25, 0.3) is 0 Å². The minimum atomic E-state index is 0.0233. The third-order valence-corrected chi connectivity index (χ3v) is 0.167. The van der Waals surface area contributed by atoms with Crippen molar-refractivity contribution >= 4 is 51.2 Å². The molecule has 44 valence electrons. The van der Waals surface area contributed by atoms with Crippen LogP contribution in [-0.4, -0.2) is 28.7 Å². The van der Waals surface area contributed by atoms with Gasteiger partial charge in [-0.05, 0) is 0 Å². The molecule has 0 bridgehead atoms. The van der Waals surface area contributed by atoms with E-state index in [9.17, 15) is 0 Å². The number of nitrogens with two attached hydrogens (primary N) is 2. The van der Waals surface area contributed by atoms with Gasteiger partial charge in [0.15, 0.2) is 0 Å². The van der Waals surface area contributed by atoms with Gasteiger partial charge in [-0.25, -0.2) is 0 Å². The second-order valence-electron chi connectivity index (χ2n) is 0.649. The number of halogens is 2. The van der Waals surface area contributed by atoms with Gasteiger partial charge in [-0.1, -0.05) is 0 Å². The summed E-state index contributed by atoms with van der Waals surface area (Å²) in [6.45, 7) is 1.19. The van der Waals surface area contributed by atoms with E-state index in [1.165, 1.54) is 0 Å². The molecule has 0 atom stereocenters. The summed E-state index contributed by atoms with van der Waals surface area (Å²) in [6, 6.07) is 0. The van der Waals surface area contributed by atoms with Gasteiger partial charge in [-0.3, -0.25) is 0 Å². The molecule has 0 amide bonds. The Kier molecular flexibility index (Phi) is 27.0. The number of hydrogen-bond acceptors (Lipinski definition) is 2. The molecule has 2 nitrogen and oxygen atoms in total. The summed E-state index contributed by atoms with van der Waals surface area (Å²) in [4.78, 5) is 0. The van der Waals surface area contributed by atoms with E-state index in [0.717, 1.165) is 0 Å². The van der Waals surface area contributed by atoms with Crippen LogP contribution in [0.4, 0.5) is 0 Å². The molecule has 0 aromatic carbocycles. The average molecular weight is 521 g/mol. The monoisotopic (exact) mass is 522 g/mol. The molecule has 0 saturated carbocycles. The van der Waals surface area contributed by atoms with Crippen LogP contribution in [0.15, 0.2) is 0 Å². The van der Waals surface area contributed by atoms with Gasteiger partial charge < -0.3 is 11.5 Å². The Morgan fingerprint density at radius 3 is 1.29 bits per heavy atom. The quantitative estimate of drug-likeness (QED) is 0.386. The molecule has 4 N–H and O–H groups in total. The molecule has 0 fully saturated rings. The predicted octanol–water partition coefficient (Wildman–Crippen LogP) is 0.294. The summed E-state index contributed by atoms with van der Waals surface area (Å²) in [5.41, 5.74) is 9.81. The molecule has 0 rings (SSSR count). The Hall–Kier alpha value is 2.30. The molecule has 0 spiro atoms. The van der Waals surface area contributed by atoms with E-state index in [4.69, 9.17) is 11.5 Å². The van der Waals surface area contributed by atoms with E-state index in [-0.39, 0.29) is 15.6 Å². The summed E-state index contributed by atoms with van der Waals surface area (Å²) >= 11 is 4.96. The van der Waals surface area contributed by atoms with E-state index < -0.39 is 0 Å². The first kappa shape index (κ1) is 12.0. The summed E-state index contributed by atoms with van der Waals surface area (Å²) in [7, 11) is 0. The third kappa shape index (κ3) is 30.2. The summed E-state index contributed by atoms with van der Waals surface area (Å²) in [6.07, 6.45) is 0. The Bertz CT molecular complexity index is 21.2. The summed E-state index contributed by atoms with van der Waals surface area (Å²) in [5.74, 6) is 0. The summed E-state index contributed by atoms with van der Waals surface area (Å²) in [5, 5.41) is 0. The van der Waals surface area contributed by atoms with Crippen molar-refractivity contribution in [3.05, 3.63) is 0 Å². The van der Waals surface area contributed by atoms with Gasteiger partial charge in [-0.2, -0.15) is 0 Å². The van der Waals surface area contributed by atoms with Crippen molar-refractivity contribution in [2.45, 2.75) is 0 Å². The first-order valence-electron chi connectivity index (χ1n) is 1.69. The molecule has 0 aliphatic carbocycles. The van der Waals surface area contributed by atoms with Crippen LogP contribution in [0.2, 0.25) is 0 Å². The van der Waals surface area contributed by atoms with Crippen LogP contribution in [0.5, 0.6) is 0 Å². The Morgan fingerprint density at radius 1 is 1.14 bits per heavy atom. The van der Waals surface area contributed by atoms with Crippen molar-refractivity contribution in [3.8, 4) is 0 Å². The van der Waals surface area contributed by atoms with Crippen LogP contribution in [0, 0.1) is 0 Å². The molecule has 0 aromatic heterocycles. The van der Waals surface area contributed by atoms with Gasteiger partial charge in [0.2, 0.25) is 0 Å². The van der Waals surface area contributed by atoms with Crippen molar-refractivity contribution in [1.29, 1.82) is 0 Å². The zero-order chi connectivity index (χ0) is 6.12. The third-order valence-electron chi connectivity index (χ3n) is 0.167. The van der Waals surface area contributed by atoms with E-state index in [1.54, 1.807) is 0 Å². The van der Waals surface area contributed by atoms with E-state index in [2.05, 4.69) is 35.5 Å². The molecule has 0 saturated heterocycles. The van der Waals surface area contributed by atoms with Crippen LogP contribution in [0.1, 0.15) is 0 Å². The van der Waals surface area contributed by atoms with Gasteiger partial charge in [0, 0.05) is 13.1 Å². The molecule has 0 aliphatic rings. The van der Waals surface area contributed by atoms with Crippen molar-refractivity contribution < 1.29 is 0 Å². The van der Waals surface area contributed by atoms with Crippen LogP contribution in [0.3, 0.4) is 0 Å². The zero-order valence-electron chi connectivity index (χ0n) is 3.82. The number of rotatable bonds is 1. The van der Waals surface area contributed by atoms with Gasteiger partial charge in [0.1, 0.15) is 0 Å². The SMILES string of the molecule is NCCN.[I][Pb][I]. The molecule has 0 unspecified atom stereocenters. The second-order valence-corrected chi connectivity index (χ2v) is 28.8. The maximum atomic E-state index is 4.90. The van der Waals surface area contributed by atoms with Crippen LogP contribution >= 0.6 is 35.5 Å². The Morgan fingerprint density at radius 2 is 1.29 bits per heavy atom. The standard InChI is InChI=1S/C2H8N2.2HI.Pb/c3-1-2-4;;;/h1-4H2;2*1H;/q;;;+2/p-2. The maximum absolute atomic E-state index is 4.90. The fraction of sp³-hybridized carbons (Fsp3) is 1.00. The van der Waals surface area contributed by atoms with Crippen LogP contribution < -0.4 is 11.5 Å². The second kappa shape index (κ2) is 15.7. The minimum absolute atomic E-state index is 0.0233. The van der Waals surface area contributed by atoms with Crippen molar-refractivity contribution in [2.24, 2.45) is 11.5 Å². The molecule has 7 heavy (non-hydrogen) atoms. The molecular weight excluding hydrogens is 513 g/mol. The van der Waals surface area contributed by atoms with Gasteiger partial charge in [-0.15, -0.1) is 0 Å². The van der Waals surface area contributed by atoms with E-state index in [0.29, 0.717) is 13.1 Å². The van der Waals surface area contributed by atoms with Crippen molar-refractivity contribution in [2.75, 3.05) is 13.1 Å². The van der Waals surface area contributed by atoms with Crippen LogP contribution in [-0.2, 0) is 0 Å². The zero-order valence-corrected chi connectivity index (χ0v) is 12.0. The molecule has 2 radical (unpaired) electrons. The molecule has 0 heterocycles. The van der Waals surface area contributed by atoms with E-state index in [1.807, 2.05) is 0 Å². The van der Waals surface area contributed by atoms with Crippen molar-refractivity contribution in [3.63, 3.8) is 0 Å². The topological polar surface area (TPSA) is 52.0 Å². The van der Waals surface area contributed by atoms with E-state index >= 15 is 0 Å². The summed E-state index contributed by atoms with van der Waals surface area (Å²) < 4.78 is 0. The van der Waals surface area contributed by atoms with Crippen molar-refractivity contribution in [1.82, 2.24) is 0 Å². The molecule has 5 heteroatoms. The fourth-order valence-corrected chi connectivity index (χ4v) is 0. The Labute approximate surface area is 74.3 Å². The van der Waals surface area contributed by atoms with Gasteiger partial charge >= 0.3 is 51.2 Å². The predicted molar refractivity (Wildman–Crippen MR) is 51.9 cm³/mol. The number of hydrogen-bond donors (Lipinski definition) is 2. The molecule has 0 aromatic rings. The molecule has 0 aliphatic heterocycles. The van der Waals surface area contributed by atoms with Gasteiger partial charge in [0.05, 0.1) is 0 Å².